The lowest BCUT2D eigenvalue weighted by molar-refractivity contribution is -0.137. The monoisotopic (exact) mass is 342 g/mol. The van der Waals surface area contributed by atoms with Crippen LogP contribution >= 0.6 is 11.8 Å². The van der Waals surface area contributed by atoms with Gasteiger partial charge in [-0.05, 0) is 30.3 Å². The third-order valence-corrected chi connectivity index (χ3v) is 4.60. The first-order chi connectivity index (χ1) is 10.9. The van der Waals surface area contributed by atoms with E-state index in [1.165, 1.54) is 18.4 Å². The van der Waals surface area contributed by atoms with Crippen molar-refractivity contribution in [3.05, 3.63) is 54.0 Å². The Hall–Kier alpha value is -2.09. The number of benzene rings is 1. The maximum Gasteiger partial charge on any atom is 0.416 e. The number of amides is 2. The van der Waals surface area contributed by atoms with Gasteiger partial charge in [-0.1, -0.05) is 6.07 Å². The molecule has 1 N–H and O–H groups in total. The first kappa shape index (κ1) is 15.8. The number of hydrogen-bond acceptors (Lipinski definition) is 3. The van der Waals surface area contributed by atoms with Crippen molar-refractivity contribution in [2.24, 2.45) is 0 Å². The average molecular weight is 342 g/mol. The minimum Gasteiger partial charge on any atom is -0.466 e. The van der Waals surface area contributed by atoms with Gasteiger partial charge in [0.05, 0.1) is 11.8 Å². The van der Waals surface area contributed by atoms with Gasteiger partial charge >= 0.3 is 12.2 Å². The van der Waals surface area contributed by atoms with Crippen LogP contribution in [-0.4, -0.2) is 23.2 Å². The molecule has 2 aromatic rings. The molecule has 3 rings (SSSR count). The van der Waals surface area contributed by atoms with E-state index in [0.717, 1.165) is 17.9 Å². The van der Waals surface area contributed by atoms with Gasteiger partial charge in [0.1, 0.15) is 11.1 Å². The lowest BCUT2D eigenvalue weighted by atomic mass is 10.2. The SMILES string of the molecule is O=C(Nc1cccc(C(F)(F)F)c1)N1CCS[C@H]1c1ccco1. The second kappa shape index (κ2) is 6.19. The number of carbonyl (C=O) groups excluding carboxylic acids is 1. The molecule has 1 fully saturated rings. The summed E-state index contributed by atoms with van der Waals surface area (Å²) < 4.78 is 43.5. The van der Waals surface area contributed by atoms with Gasteiger partial charge in [0.25, 0.3) is 0 Å². The zero-order chi connectivity index (χ0) is 16.4. The standard InChI is InChI=1S/C15H13F3N2O2S/c16-15(17,18)10-3-1-4-11(9-10)19-14(21)20-6-8-23-13(20)12-5-2-7-22-12/h1-5,7,9,13H,6,8H2,(H,19,21)/t13-/m0/s1. The summed E-state index contributed by atoms with van der Waals surface area (Å²) in [6.45, 7) is 0.501. The molecule has 0 saturated carbocycles. The van der Waals surface area contributed by atoms with Crippen LogP contribution in [0.1, 0.15) is 16.7 Å². The number of furan rings is 1. The van der Waals surface area contributed by atoms with E-state index in [9.17, 15) is 18.0 Å². The number of nitrogens with zero attached hydrogens (tertiary/aromatic N) is 1. The maximum absolute atomic E-state index is 12.7. The predicted octanol–water partition coefficient (Wildman–Crippen LogP) is 4.58. The molecule has 23 heavy (non-hydrogen) atoms. The van der Waals surface area contributed by atoms with E-state index in [4.69, 9.17) is 4.42 Å². The predicted molar refractivity (Wildman–Crippen MR) is 81.1 cm³/mol. The Kier molecular flexibility index (Phi) is 4.25. The van der Waals surface area contributed by atoms with Gasteiger partial charge in [-0.3, -0.25) is 0 Å². The highest BCUT2D eigenvalue weighted by molar-refractivity contribution is 7.99. The summed E-state index contributed by atoms with van der Waals surface area (Å²) >= 11 is 1.55. The fourth-order valence-corrected chi connectivity index (χ4v) is 3.52. The van der Waals surface area contributed by atoms with Gasteiger partial charge in [0, 0.05) is 18.0 Å². The third-order valence-electron chi connectivity index (χ3n) is 3.38. The molecule has 0 unspecified atom stereocenters. The fourth-order valence-electron chi connectivity index (χ4n) is 2.31. The molecule has 4 nitrogen and oxygen atoms in total. The third kappa shape index (κ3) is 3.47. The van der Waals surface area contributed by atoms with Crippen LogP contribution in [0.4, 0.5) is 23.7 Å². The Morgan fingerprint density at radius 3 is 2.83 bits per heavy atom. The number of hydrogen-bond donors (Lipinski definition) is 1. The number of rotatable bonds is 2. The summed E-state index contributed by atoms with van der Waals surface area (Å²) in [4.78, 5) is 13.9. The largest absolute Gasteiger partial charge is 0.466 e. The normalized spacial score (nSPS) is 18.2. The molecule has 0 radical (unpaired) electrons. The van der Waals surface area contributed by atoms with Crippen LogP contribution in [0.25, 0.3) is 0 Å². The maximum atomic E-state index is 12.7. The van der Waals surface area contributed by atoms with Crippen molar-refractivity contribution in [1.29, 1.82) is 0 Å². The highest BCUT2D eigenvalue weighted by Crippen LogP contribution is 2.38. The number of urea groups is 1. The van der Waals surface area contributed by atoms with Crippen molar-refractivity contribution >= 4 is 23.5 Å². The quantitative estimate of drug-likeness (QED) is 0.869. The van der Waals surface area contributed by atoms with Gasteiger partial charge in [-0.15, -0.1) is 11.8 Å². The molecule has 1 aromatic heterocycles. The molecule has 1 saturated heterocycles. The Labute approximate surface area is 134 Å². The van der Waals surface area contributed by atoms with Gasteiger partial charge < -0.3 is 14.6 Å². The molecule has 1 aromatic carbocycles. The Morgan fingerprint density at radius 1 is 1.30 bits per heavy atom. The van der Waals surface area contributed by atoms with Crippen molar-refractivity contribution in [1.82, 2.24) is 4.90 Å². The number of anilines is 1. The van der Waals surface area contributed by atoms with Gasteiger partial charge in [0.2, 0.25) is 0 Å². The van der Waals surface area contributed by atoms with E-state index in [-0.39, 0.29) is 11.1 Å². The van der Waals surface area contributed by atoms with Gasteiger partial charge in [-0.2, -0.15) is 13.2 Å². The lowest BCUT2D eigenvalue weighted by Gasteiger charge is -2.22. The zero-order valence-corrected chi connectivity index (χ0v) is 12.7. The van der Waals surface area contributed by atoms with Crippen molar-refractivity contribution in [2.75, 3.05) is 17.6 Å². The van der Waals surface area contributed by atoms with Crippen LogP contribution < -0.4 is 5.32 Å². The van der Waals surface area contributed by atoms with Crippen LogP contribution in [0.5, 0.6) is 0 Å². The van der Waals surface area contributed by atoms with Crippen LogP contribution in [0.15, 0.2) is 47.1 Å². The molecule has 2 heterocycles. The fraction of sp³-hybridized carbons (Fsp3) is 0.267. The summed E-state index contributed by atoms with van der Waals surface area (Å²) in [5.41, 5.74) is -0.686. The highest BCUT2D eigenvalue weighted by atomic mass is 32.2. The van der Waals surface area contributed by atoms with E-state index in [2.05, 4.69) is 5.32 Å². The van der Waals surface area contributed by atoms with Gasteiger partial charge in [-0.25, -0.2) is 4.79 Å². The topological polar surface area (TPSA) is 45.5 Å². The number of thioether (sulfide) groups is 1. The molecule has 8 heteroatoms. The molecular formula is C15H13F3N2O2S. The average Bonchev–Trinajstić information content (AvgIpc) is 3.17. The van der Waals surface area contributed by atoms with E-state index in [0.29, 0.717) is 12.3 Å². The Morgan fingerprint density at radius 2 is 2.13 bits per heavy atom. The van der Waals surface area contributed by atoms with E-state index in [1.54, 1.807) is 28.8 Å². The van der Waals surface area contributed by atoms with E-state index in [1.807, 2.05) is 0 Å². The molecule has 1 aliphatic heterocycles. The van der Waals surface area contributed by atoms with E-state index < -0.39 is 17.8 Å². The van der Waals surface area contributed by atoms with Crippen molar-refractivity contribution in [3.63, 3.8) is 0 Å². The number of nitrogens with one attached hydrogen (secondary N) is 1. The summed E-state index contributed by atoms with van der Waals surface area (Å²) in [7, 11) is 0. The zero-order valence-electron chi connectivity index (χ0n) is 11.8. The minimum absolute atomic E-state index is 0.111. The molecule has 0 aliphatic carbocycles. The van der Waals surface area contributed by atoms with Crippen LogP contribution in [-0.2, 0) is 6.18 Å². The van der Waals surface area contributed by atoms with Crippen LogP contribution in [0, 0.1) is 0 Å². The lowest BCUT2D eigenvalue weighted by Crippen LogP contribution is -2.34. The molecule has 1 aliphatic rings. The van der Waals surface area contributed by atoms with Crippen molar-refractivity contribution in [2.45, 2.75) is 11.6 Å². The number of alkyl halides is 3. The molecule has 0 bridgehead atoms. The minimum atomic E-state index is -4.44. The van der Waals surface area contributed by atoms with E-state index >= 15 is 0 Å². The molecule has 0 spiro atoms. The van der Waals surface area contributed by atoms with Crippen LogP contribution in [0.2, 0.25) is 0 Å². The van der Waals surface area contributed by atoms with Crippen molar-refractivity contribution in [3.8, 4) is 0 Å². The second-order valence-corrected chi connectivity index (χ2v) is 6.13. The summed E-state index contributed by atoms with van der Waals surface area (Å²) in [6, 6.07) is 7.64. The summed E-state index contributed by atoms with van der Waals surface area (Å²) in [6.07, 6.45) is -2.92. The smallest absolute Gasteiger partial charge is 0.416 e. The van der Waals surface area contributed by atoms with Crippen LogP contribution in [0.3, 0.4) is 0 Å². The van der Waals surface area contributed by atoms with Crippen molar-refractivity contribution < 1.29 is 22.4 Å². The Bertz CT molecular complexity index is 688. The molecule has 122 valence electrons. The summed E-state index contributed by atoms with van der Waals surface area (Å²) in [5.74, 6) is 1.38. The Balaban J connectivity index is 1.74. The highest BCUT2D eigenvalue weighted by Gasteiger charge is 2.33. The van der Waals surface area contributed by atoms with Gasteiger partial charge in [0.15, 0.2) is 0 Å². The summed E-state index contributed by atoms with van der Waals surface area (Å²) in [5, 5.41) is 2.25. The number of halogens is 3. The molecule has 2 amide bonds. The second-order valence-electron chi connectivity index (χ2n) is 4.94. The molecular weight excluding hydrogens is 329 g/mol. The first-order valence-electron chi connectivity index (χ1n) is 6.85. The molecule has 1 atom stereocenters. The first-order valence-corrected chi connectivity index (χ1v) is 7.90. The number of carbonyl (C=O) groups is 1.